The summed E-state index contributed by atoms with van der Waals surface area (Å²) in [5, 5.41) is 0. The number of benzene rings is 1. The molecule has 0 amide bonds. The van der Waals surface area contributed by atoms with Crippen LogP contribution in [0, 0.1) is 5.92 Å². The summed E-state index contributed by atoms with van der Waals surface area (Å²) in [6, 6.07) is 8.59. The summed E-state index contributed by atoms with van der Waals surface area (Å²) in [4.78, 5) is 11.7. The van der Waals surface area contributed by atoms with Crippen LogP contribution in [-0.4, -0.2) is 11.6 Å². The summed E-state index contributed by atoms with van der Waals surface area (Å²) in [6.07, 6.45) is 8.60. The standard InChI is InChI=1S/C20H28O2/c1-15-5-10-17(11-6-15)18-12-7-16(8-13-18)9-14-19(21)22-20(2,3)4/h7-9,12-15,17H,5-6,10-11H2,1-4H3/b14-9+. The third-order valence-corrected chi connectivity index (χ3v) is 4.24. The maximum atomic E-state index is 11.7. The summed E-state index contributed by atoms with van der Waals surface area (Å²) in [7, 11) is 0. The fraction of sp³-hybridized carbons (Fsp3) is 0.550. The minimum atomic E-state index is -0.441. The predicted molar refractivity (Wildman–Crippen MR) is 91.7 cm³/mol. The zero-order valence-electron chi connectivity index (χ0n) is 14.3. The molecule has 2 heteroatoms. The van der Waals surface area contributed by atoms with Crippen LogP contribution in [0.2, 0.25) is 0 Å². The average Bonchev–Trinajstić information content (AvgIpc) is 2.45. The van der Waals surface area contributed by atoms with Crippen LogP contribution in [0.25, 0.3) is 6.08 Å². The third-order valence-electron chi connectivity index (χ3n) is 4.24. The van der Waals surface area contributed by atoms with E-state index in [9.17, 15) is 4.79 Å². The fourth-order valence-corrected chi connectivity index (χ4v) is 2.97. The molecule has 2 rings (SSSR count). The number of carbonyl (C=O) groups excluding carboxylic acids is 1. The quantitative estimate of drug-likeness (QED) is 0.556. The number of hydrogen-bond donors (Lipinski definition) is 0. The number of carbonyl (C=O) groups is 1. The van der Waals surface area contributed by atoms with Gasteiger partial charge in [-0.25, -0.2) is 4.79 Å². The zero-order chi connectivity index (χ0) is 16.2. The van der Waals surface area contributed by atoms with Crippen molar-refractivity contribution in [2.45, 2.75) is 64.9 Å². The molecule has 2 nitrogen and oxygen atoms in total. The van der Waals surface area contributed by atoms with Crippen LogP contribution in [0.15, 0.2) is 30.3 Å². The van der Waals surface area contributed by atoms with E-state index in [1.54, 1.807) is 0 Å². The highest BCUT2D eigenvalue weighted by Gasteiger charge is 2.19. The second-order valence-corrected chi connectivity index (χ2v) is 7.49. The first-order valence-corrected chi connectivity index (χ1v) is 8.34. The van der Waals surface area contributed by atoms with Crippen molar-refractivity contribution in [1.29, 1.82) is 0 Å². The van der Waals surface area contributed by atoms with Gasteiger partial charge in [-0.1, -0.05) is 44.0 Å². The molecule has 0 heterocycles. The van der Waals surface area contributed by atoms with E-state index in [4.69, 9.17) is 4.74 Å². The summed E-state index contributed by atoms with van der Waals surface area (Å²) >= 11 is 0. The lowest BCUT2D eigenvalue weighted by molar-refractivity contribution is -0.148. The second-order valence-electron chi connectivity index (χ2n) is 7.49. The summed E-state index contributed by atoms with van der Waals surface area (Å²) in [5.74, 6) is 1.30. The molecule has 1 saturated carbocycles. The van der Waals surface area contributed by atoms with E-state index in [0.29, 0.717) is 5.92 Å². The van der Waals surface area contributed by atoms with Crippen LogP contribution < -0.4 is 0 Å². The largest absolute Gasteiger partial charge is 0.457 e. The lowest BCUT2D eigenvalue weighted by Crippen LogP contribution is -2.22. The Morgan fingerprint density at radius 2 is 1.68 bits per heavy atom. The molecular formula is C20H28O2. The molecule has 0 saturated heterocycles. The van der Waals surface area contributed by atoms with Gasteiger partial charge in [0, 0.05) is 6.08 Å². The molecule has 1 aliphatic carbocycles. The number of ether oxygens (including phenoxy) is 1. The topological polar surface area (TPSA) is 26.3 Å². The van der Waals surface area contributed by atoms with Crippen molar-refractivity contribution in [2.75, 3.05) is 0 Å². The highest BCUT2D eigenvalue weighted by molar-refractivity contribution is 5.87. The maximum absolute atomic E-state index is 11.7. The molecule has 0 N–H and O–H groups in total. The molecule has 120 valence electrons. The van der Waals surface area contributed by atoms with E-state index < -0.39 is 5.60 Å². The second kappa shape index (κ2) is 7.13. The lowest BCUT2D eigenvalue weighted by Gasteiger charge is -2.26. The number of esters is 1. The van der Waals surface area contributed by atoms with E-state index in [-0.39, 0.29) is 5.97 Å². The zero-order valence-corrected chi connectivity index (χ0v) is 14.3. The molecular weight excluding hydrogens is 272 g/mol. The van der Waals surface area contributed by atoms with Gasteiger partial charge in [0.15, 0.2) is 0 Å². The first kappa shape index (κ1) is 16.8. The van der Waals surface area contributed by atoms with Gasteiger partial charge in [-0.2, -0.15) is 0 Å². The minimum absolute atomic E-state index is 0.294. The maximum Gasteiger partial charge on any atom is 0.331 e. The molecule has 1 aromatic rings. The first-order valence-electron chi connectivity index (χ1n) is 8.34. The van der Waals surface area contributed by atoms with Gasteiger partial charge < -0.3 is 4.74 Å². The van der Waals surface area contributed by atoms with E-state index >= 15 is 0 Å². The van der Waals surface area contributed by atoms with Crippen molar-refractivity contribution in [3.8, 4) is 0 Å². The number of hydrogen-bond acceptors (Lipinski definition) is 2. The molecule has 22 heavy (non-hydrogen) atoms. The van der Waals surface area contributed by atoms with Gasteiger partial charge in [0.2, 0.25) is 0 Å². The molecule has 0 atom stereocenters. The SMILES string of the molecule is CC1CCC(c2ccc(/C=C/C(=O)OC(C)(C)C)cc2)CC1. The molecule has 0 aromatic heterocycles. The fourth-order valence-electron chi connectivity index (χ4n) is 2.97. The van der Waals surface area contributed by atoms with Crippen molar-refractivity contribution in [1.82, 2.24) is 0 Å². The van der Waals surface area contributed by atoms with Crippen molar-refractivity contribution in [3.63, 3.8) is 0 Å². The Hall–Kier alpha value is -1.57. The summed E-state index contributed by atoms with van der Waals surface area (Å²) in [6.45, 7) is 7.97. The third kappa shape index (κ3) is 5.32. The van der Waals surface area contributed by atoms with Gasteiger partial charge in [0.05, 0.1) is 0 Å². The van der Waals surface area contributed by atoms with Crippen LogP contribution in [0.4, 0.5) is 0 Å². The molecule has 1 fully saturated rings. The average molecular weight is 300 g/mol. The van der Waals surface area contributed by atoms with E-state index in [0.717, 1.165) is 11.5 Å². The number of rotatable bonds is 3. The van der Waals surface area contributed by atoms with Crippen LogP contribution in [0.5, 0.6) is 0 Å². The van der Waals surface area contributed by atoms with Crippen LogP contribution in [-0.2, 0) is 9.53 Å². The van der Waals surface area contributed by atoms with Gasteiger partial charge in [0.25, 0.3) is 0 Å². The highest BCUT2D eigenvalue weighted by Crippen LogP contribution is 2.35. The smallest absolute Gasteiger partial charge is 0.331 e. The van der Waals surface area contributed by atoms with E-state index in [1.165, 1.54) is 37.3 Å². The Labute approximate surface area is 134 Å². The lowest BCUT2D eigenvalue weighted by atomic mass is 9.79. The Balaban J connectivity index is 1.93. The Bertz CT molecular complexity index is 512. The summed E-state index contributed by atoms with van der Waals surface area (Å²) < 4.78 is 5.26. The van der Waals surface area contributed by atoms with Crippen molar-refractivity contribution < 1.29 is 9.53 Å². The molecule has 0 bridgehead atoms. The van der Waals surface area contributed by atoms with Crippen molar-refractivity contribution >= 4 is 12.0 Å². The monoisotopic (exact) mass is 300 g/mol. The molecule has 0 radical (unpaired) electrons. The molecule has 0 aliphatic heterocycles. The molecule has 0 spiro atoms. The Morgan fingerprint density at radius 1 is 1.09 bits per heavy atom. The Morgan fingerprint density at radius 3 is 2.23 bits per heavy atom. The van der Waals surface area contributed by atoms with Gasteiger partial charge in [-0.3, -0.25) is 0 Å². The molecule has 1 aliphatic rings. The van der Waals surface area contributed by atoms with Crippen LogP contribution >= 0.6 is 0 Å². The van der Waals surface area contributed by atoms with Gasteiger partial charge in [0.1, 0.15) is 5.60 Å². The van der Waals surface area contributed by atoms with Crippen LogP contribution in [0.1, 0.15) is 70.4 Å². The minimum Gasteiger partial charge on any atom is -0.457 e. The molecule has 0 unspecified atom stereocenters. The highest BCUT2D eigenvalue weighted by atomic mass is 16.6. The normalized spacial score (nSPS) is 22.7. The molecule has 1 aromatic carbocycles. The van der Waals surface area contributed by atoms with Crippen LogP contribution in [0.3, 0.4) is 0 Å². The van der Waals surface area contributed by atoms with E-state index in [1.807, 2.05) is 26.8 Å². The van der Waals surface area contributed by atoms with Gasteiger partial charge in [-0.15, -0.1) is 0 Å². The Kier molecular flexibility index (Phi) is 5.44. The summed E-state index contributed by atoms with van der Waals surface area (Å²) in [5.41, 5.74) is 2.03. The van der Waals surface area contributed by atoms with Crippen molar-refractivity contribution in [2.24, 2.45) is 5.92 Å². The van der Waals surface area contributed by atoms with E-state index in [2.05, 4.69) is 31.2 Å². The van der Waals surface area contributed by atoms with Gasteiger partial charge >= 0.3 is 5.97 Å². The predicted octanol–water partition coefficient (Wildman–Crippen LogP) is 5.34. The first-order chi connectivity index (χ1) is 10.3. The van der Waals surface area contributed by atoms with Gasteiger partial charge in [-0.05, 0) is 62.7 Å². The van der Waals surface area contributed by atoms with Crippen molar-refractivity contribution in [3.05, 3.63) is 41.5 Å².